The van der Waals surface area contributed by atoms with E-state index in [1.807, 2.05) is 30.3 Å². The smallest absolute Gasteiger partial charge is 0.275 e. The number of carbonyl (C=O) groups excluding carboxylic acids is 1. The van der Waals surface area contributed by atoms with Gasteiger partial charge >= 0.3 is 0 Å². The summed E-state index contributed by atoms with van der Waals surface area (Å²) < 4.78 is 0. The number of aromatic nitrogens is 2. The number of anilines is 1. The Morgan fingerprint density at radius 2 is 2.11 bits per heavy atom. The molecule has 0 aliphatic rings. The highest BCUT2D eigenvalue weighted by molar-refractivity contribution is 7.07. The summed E-state index contributed by atoms with van der Waals surface area (Å²) in [5, 5.41) is 5.49. The fraction of sp³-hybridized carbons (Fsp3) is 0. The van der Waals surface area contributed by atoms with Crippen LogP contribution in [0.4, 0.5) is 5.69 Å². The zero-order valence-electron chi connectivity index (χ0n) is 9.33. The molecule has 88 valence electrons. The quantitative estimate of drug-likeness (QED) is 0.766. The van der Waals surface area contributed by atoms with Crippen molar-refractivity contribution in [1.82, 2.24) is 9.97 Å². The molecule has 3 rings (SSSR count). The molecule has 18 heavy (non-hydrogen) atoms. The highest BCUT2D eigenvalue weighted by Gasteiger charge is 2.09. The average molecular weight is 255 g/mol. The molecule has 0 saturated carbocycles. The number of nitrogens with one attached hydrogen (secondary N) is 1. The van der Waals surface area contributed by atoms with E-state index in [-0.39, 0.29) is 5.91 Å². The van der Waals surface area contributed by atoms with Crippen molar-refractivity contribution in [3.63, 3.8) is 0 Å². The standard InChI is InChI=1S/C13H9N3OS/c17-13(12-7-18-8-15-12)16-11-5-1-4-10-9(11)3-2-6-14-10/h1-8H,(H,16,17). The molecule has 0 atom stereocenters. The summed E-state index contributed by atoms with van der Waals surface area (Å²) in [6, 6.07) is 9.41. The van der Waals surface area contributed by atoms with Crippen LogP contribution in [0.25, 0.3) is 10.9 Å². The highest BCUT2D eigenvalue weighted by Crippen LogP contribution is 2.21. The van der Waals surface area contributed by atoms with Gasteiger partial charge in [0.2, 0.25) is 0 Å². The Bertz CT molecular complexity index is 689. The first kappa shape index (κ1) is 10.9. The maximum Gasteiger partial charge on any atom is 0.275 e. The normalized spacial score (nSPS) is 10.4. The third-order valence-electron chi connectivity index (χ3n) is 2.56. The molecule has 0 aliphatic carbocycles. The summed E-state index contributed by atoms with van der Waals surface area (Å²) in [7, 11) is 0. The molecule has 0 aliphatic heterocycles. The fourth-order valence-corrected chi connectivity index (χ4v) is 2.26. The maximum absolute atomic E-state index is 11.9. The minimum atomic E-state index is -0.201. The van der Waals surface area contributed by atoms with E-state index in [9.17, 15) is 4.79 Å². The van der Waals surface area contributed by atoms with E-state index in [1.165, 1.54) is 11.3 Å². The second-order valence-corrected chi connectivity index (χ2v) is 4.42. The van der Waals surface area contributed by atoms with Gasteiger partial charge < -0.3 is 5.32 Å². The van der Waals surface area contributed by atoms with E-state index >= 15 is 0 Å². The van der Waals surface area contributed by atoms with Crippen molar-refractivity contribution >= 4 is 33.8 Å². The summed E-state index contributed by atoms with van der Waals surface area (Å²) >= 11 is 1.40. The van der Waals surface area contributed by atoms with Gasteiger partial charge in [-0.05, 0) is 24.3 Å². The first-order chi connectivity index (χ1) is 8.84. The van der Waals surface area contributed by atoms with Crippen molar-refractivity contribution in [2.45, 2.75) is 0 Å². The van der Waals surface area contributed by atoms with Crippen LogP contribution in [0.5, 0.6) is 0 Å². The lowest BCUT2D eigenvalue weighted by Gasteiger charge is -2.06. The van der Waals surface area contributed by atoms with Crippen molar-refractivity contribution in [2.75, 3.05) is 5.32 Å². The molecule has 2 heterocycles. The van der Waals surface area contributed by atoms with Crippen LogP contribution in [0.1, 0.15) is 10.5 Å². The zero-order chi connectivity index (χ0) is 12.4. The predicted molar refractivity (Wildman–Crippen MR) is 71.8 cm³/mol. The Kier molecular flexibility index (Phi) is 2.74. The lowest BCUT2D eigenvalue weighted by atomic mass is 10.2. The molecule has 0 saturated heterocycles. The van der Waals surface area contributed by atoms with Crippen molar-refractivity contribution in [3.05, 3.63) is 53.1 Å². The van der Waals surface area contributed by atoms with E-state index in [2.05, 4.69) is 15.3 Å². The van der Waals surface area contributed by atoms with Gasteiger partial charge in [0.05, 0.1) is 16.7 Å². The van der Waals surface area contributed by atoms with Crippen LogP contribution < -0.4 is 5.32 Å². The Morgan fingerprint density at radius 3 is 2.94 bits per heavy atom. The van der Waals surface area contributed by atoms with Gasteiger partial charge in [0.15, 0.2) is 0 Å². The Hall–Kier alpha value is -2.27. The maximum atomic E-state index is 11.9. The predicted octanol–water partition coefficient (Wildman–Crippen LogP) is 2.94. The van der Waals surface area contributed by atoms with Gasteiger partial charge in [0.1, 0.15) is 5.69 Å². The molecule has 3 aromatic rings. The number of benzene rings is 1. The molecule has 0 fully saturated rings. The molecular formula is C13H9N3OS. The molecule has 0 bridgehead atoms. The summed E-state index contributed by atoms with van der Waals surface area (Å²) in [6.07, 6.45) is 1.73. The van der Waals surface area contributed by atoms with Gasteiger partial charge in [-0.15, -0.1) is 11.3 Å². The van der Waals surface area contributed by atoms with Gasteiger partial charge in [-0.2, -0.15) is 0 Å². The van der Waals surface area contributed by atoms with Crippen molar-refractivity contribution in [1.29, 1.82) is 0 Å². The Balaban J connectivity index is 1.98. The number of hydrogen-bond donors (Lipinski definition) is 1. The van der Waals surface area contributed by atoms with E-state index in [0.717, 1.165) is 16.6 Å². The number of rotatable bonds is 2. The first-order valence-corrected chi connectivity index (χ1v) is 6.32. The topological polar surface area (TPSA) is 54.9 Å². The minimum Gasteiger partial charge on any atom is -0.320 e. The third kappa shape index (κ3) is 1.96. The van der Waals surface area contributed by atoms with Crippen LogP contribution in [0, 0.1) is 0 Å². The second-order valence-electron chi connectivity index (χ2n) is 3.70. The average Bonchev–Trinajstić information content (AvgIpc) is 2.93. The number of hydrogen-bond acceptors (Lipinski definition) is 4. The lowest BCUT2D eigenvalue weighted by Crippen LogP contribution is -2.12. The largest absolute Gasteiger partial charge is 0.320 e. The molecule has 1 amide bonds. The number of carbonyl (C=O) groups is 1. The van der Waals surface area contributed by atoms with Gasteiger partial charge in [-0.25, -0.2) is 4.98 Å². The number of pyridine rings is 1. The lowest BCUT2D eigenvalue weighted by molar-refractivity contribution is 0.102. The fourth-order valence-electron chi connectivity index (χ4n) is 1.72. The molecule has 1 aromatic carbocycles. The Morgan fingerprint density at radius 1 is 1.17 bits per heavy atom. The highest BCUT2D eigenvalue weighted by atomic mass is 32.1. The SMILES string of the molecule is O=C(Nc1cccc2ncccc12)c1cscn1. The van der Waals surface area contributed by atoms with Crippen LogP contribution in [0.3, 0.4) is 0 Å². The van der Waals surface area contributed by atoms with Crippen molar-refractivity contribution in [3.8, 4) is 0 Å². The van der Waals surface area contributed by atoms with Gasteiger partial charge in [0, 0.05) is 17.0 Å². The van der Waals surface area contributed by atoms with Crippen molar-refractivity contribution < 1.29 is 4.79 Å². The number of amides is 1. The third-order valence-corrected chi connectivity index (χ3v) is 3.15. The molecule has 0 radical (unpaired) electrons. The molecule has 0 unspecified atom stereocenters. The molecule has 1 N–H and O–H groups in total. The molecule has 2 aromatic heterocycles. The van der Waals surface area contributed by atoms with E-state index in [0.29, 0.717) is 5.69 Å². The number of fused-ring (bicyclic) bond motifs is 1. The van der Waals surface area contributed by atoms with Gasteiger partial charge in [-0.1, -0.05) is 6.07 Å². The summed E-state index contributed by atoms with van der Waals surface area (Å²) in [5.41, 5.74) is 3.67. The first-order valence-electron chi connectivity index (χ1n) is 5.38. The van der Waals surface area contributed by atoms with E-state index in [1.54, 1.807) is 17.1 Å². The summed E-state index contributed by atoms with van der Waals surface area (Å²) in [4.78, 5) is 20.2. The summed E-state index contributed by atoms with van der Waals surface area (Å²) in [5.74, 6) is -0.201. The molecule has 0 spiro atoms. The van der Waals surface area contributed by atoms with Crippen LogP contribution in [0.2, 0.25) is 0 Å². The minimum absolute atomic E-state index is 0.201. The molecule has 4 nitrogen and oxygen atoms in total. The zero-order valence-corrected chi connectivity index (χ0v) is 10.1. The van der Waals surface area contributed by atoms with Crippen LogP contribution in [-0.2, 0) is 0 Å². The molecular weight excluding hydrogens is 246 g/mol. The van der Waals surface area contributed by atoms with Crippen LogP contribution >= 0.6 is 11.3 Å². The monoisotopic (exact) mass is 255 g/mol. The van der Waals surface area contributed by atoms with Crippen LogP contribution in [0.15, 0.2) is 47.4 Å². The number of nitrogens with zero attached hydrogens (tertiary/aromatic N) is 2. The van der Waals surface area contributed by atoms with E-state index in [4.69, 9.17) is 0 Å². The van der Waals surface area contributed by atoms with Crippen molar-refractivity contribution in [2.24, 2.45) is 0 Å². The second kappa shape index (κ2) is 4.54. The number of thiazole rings is 1. The van der Waals surface area contributed by atoms with Gasteiger partial charge in [-0.3, -0.25) is 9.78 Å². The van der Waals surface area contributed by atoms with Crippen LogP contribution in [-0.4, -0.2) is 15.9 Å². The van der Waals surface area contributed by atoms with E-state index < -0.39 is 0 Å². The summed E-state index contributed by atoms with van der Waals surface area (Å²) in [6.45, 7) is 0. The molecule has 5 heteroatoms. The van der Waals surface area contributed by atoms with Gasteiger partial charge in [0.25, 0.3) is 5.91 Å². The Labute approximate surface area is 107 Å².